The maximum Gasteiger partial charge on any atom is 0.241 e. The Morgan fingerprint density at radius 2 is 1.53 bits per heavy atom. The molecule has 0 aliphatic carbocycles. The molecule has 100 valence electrons. The summed E-state index contributed by atoms with van der Waals surface area (Å²) in [5.41, 5.74) is 1.69. The first-order chi connectivity index (χ1) is 9.00. The van der Waals surface area contributed by atoms with Gasteiger partial charge in [-0.3, -0.25) is 0 Å². The monoisotopic (exact) mass is 275 g/mol. The van der Waals surface area contributed by atoms with Gasteiger partial charge in [-0.05, 0) is 31.0 Å². The van der Waals surface area contributed by atoms with E-state index in [1.54, 1.807) is 25.1 Å². The molecule has 1 N–H and O–H groups in total. The van der Waals surface area contributed by atoms with E-state index >= 15 is 0 Å². The number of rotatable bonds is 4. The van der Waals surface area contributed by atoms with Gasteiger partial charge in [-0.15, -0.1) is 0 Å². The summed E-state index contributed by atoms with van der Waals surface area (Å²) in [5, 5.41) is 0. The first-order valence-corrected chi connectivity index (χ1v) is 7.62. The predicted molar refractivity (Wildman–Crippen MR) is 76.4 cm³/mol. The van der Waals surface area contributed by atoms with Crippen molar-refractivity contribution in [2.24, 2.45) is 0 Å². The molecule has 2 aromatic rings. The van der Waals surface area contributed by atoms with Crippen LogP contribution in [0.15, 0.2) is 59.5 Å². The van der Waals surface area contributed by atoms with E-state index < -0.39 is 10.0 Å². The van der Waals surface area contributed by atoms with Gasteiger partial charge in [0.15, 0.2) is 0 Å². The summed E-state index contributed by atoms with van der Waals surface area (Å²) in [4.78, 5) is 0.331. The van der Waals surface area contributed by atoms with E-state index in [0.29, 0.717) is 4.90 Å². The summed E-state index contributed by atoms with van der Waals surface area (Å²) in [5.74, 6) is 0. The topological polar surface area (TPSA) is 46.2 Å². The molecule has 0 spiro atoms. The van der Waals surface area contributed by atoms with Crippen molar-refractivity contribution in [3.63, 3.8) is 0 Å². The second-order valence-electron chi connectivity index (χ2n) is 4.52. The van der Waals surface area contributed by atoms with E-state index in [2.05, 4.69) is 4.72 Å². The zero-order valence-electron chi connectivity index (χ0n) is 11.0. The molecule has 0 saturated heterocycles. The molecule has 19 heavy (non-hydrogen) atoms. The van der Waals surface area contributed by atoms with Gasteiger partial charge in [0.05, 0.1) is 4.90 Å². The molecule has 0 saturated carbocycles. The van der Waals surface area contributed by atoms with Gasteiger partial charge in [-0.1, -0.05) is 48.5 Å². The van der Waals surface area contributed by atoms with Crippen LogP contribution in [0.4, 0.5) is 0 Å². The second kappa shape index (κ2) is 5.55. The summed E-state index contributed by atoms with van der Waals surface area (Å²) in [7, 11) is -3.49. The fourth-order valence-corrected chi connectivity index (χ4v) is 3.44. The lowest BCUT2D eigenvalue weighted by Crippen LogP contribution is -2.27. The smallest absolute Gasteiger partial charge is 0.207 e. The minimum Gasteiger partial charge on any atom is -0.207 e. The van der Waals surface area contributed by atoms with E-state index in [1.807, 2.05) is 43.3 Å². The molecule has 2 aromatic carbocycles. The van der Waals surface area contributed by atoms with Crippen LogP contribution in [0.2, 0.25) is 0 Å². The van der Waals surface area contributed by atoms with Crippen molar-refractivity contribution in [2.75, 3.05) is 0 Å². The summed E-state index contributed by atoms with van der Waals surface area (Å²) >= 11 is 0. The Morgan fingerprint density at radius 1 is 0.947 bits per heavy atom. The van der Waals surface area contributed by atoms with Gasteiger partial charge in [0.25, 0.3) is 0 Å². The molecule has 0 bridgehead atoms. The van der Waals surface area contributed by atoms with E-state index in [4.69, 9.17) is 0 Å². The molecular weight excluding hydrogens is 258 g/mol. The van der Waals surface area contributed by atoms with E-state index in [0.717, 1.165) is 11.1 Å². The summed E-state index contributed by atoms with van der Waals surface area (Å²) in [6.07, 6.45) is 0. The molecule has 2 rings (SSSR count). The van der Waals surface area contributed by atoms with Crippen LogP contribution in [0.5, 0.6) is 0 Å². The van der Waals surface area contributed by atoms with Crippen LogP contribution in [-0.2, 0) is 10.0 Å². The standard InChI is InChI=1S/C15H17NO2S/c1-12-8-6-7-11-15(12)19(17,18)16-13(2)14-9-4-3-5-10-14/h3-11,13,16H,1-2H3/t13-/m0/s1. The molecule has 0 amide bonds. The Hall–Kier alpha value is -1.65. The average Bonchev–Trinajstić information content (AvgIpc) is 2.39. The molecule has 0 unspecified atom stereocenters. The molecule has 0 radical (unpaired) electrons. The molecule has 1 atom stereocenters. The van der Waals surface area contributed by atoms with Gasteiger partial charge in [0.2, 0.25) is 10.0 Å². The van der Waals surface area contributed by atoms with Crippen molar-refractivity contribution >= 4 is 10.0 Å². The number of hydrogen-bond donors (Lipinski definition) is 1. The van der Waals surface area contributed by atoms with Crippen LogP contribution in [0.3, 0.4) is 0 Å². The molecule has 0 heterocycles. The fraction of sp³-hybridized carbons (Fsp3) is 0.200. The van der Waals surface area contributed by atoms with Crippen LogP contribution < -0.4 is 4.72 Å². The van der Waals surface area contributed by atoms with Gasteiger partial charge >= 0.3 is 0 Å². The SMILES string of the molecule is Cc1ccccc1S(=O)(=O)N[C@@H](C)c1ccccc1. The fourth-order valence-electron chi connectivity index (χ4n) is 1.96. The van der Waals surface area contributed by atoms with Crippen molar-refractivity contribution in [3.05, 3.63) is 65.7 Å². The zero-order chi connectivity index (χ0) is 13.9. The van der Waals surface area contributed by atoms with Crippen LogP contribution in [0, 0.1) is 6.92 Å². The van der Waals surface area contributed by atoms with Gasteiger partial charge in [0, 0.05) is 6.04 Å². The number of sulfonamides is 1. The normalized spacial score (nSPS) is 13.2. The summed E-state index contributed by atoms with van der Waals surface area (Å²) < 4.78 is 27.4. The number of nitrogens with one attached hydrogen (secondary N) is 1. The quantitative estimate of drug-likeness (QED) is 0.932. The number of hydrogen-bond acceptors (Lipinski definition) is 2. The van der Waals surface area contributed by atoms with Crippen molar-refractivity contribution in [1.82, 2.24) is 4.72 Å². The maximum atomic E-state index is 12.3. The third kappa shape index (κ3) is 3.22. The van der Waals surface area contributed by atoms with Gasteiger partial charge in [0.1, 0.15) is 0 Å². The molecule has 0 aliphatic heterocycles. The van der Waals surface area contributed by atoms with E-state index in [-0.39, 0.29) is 6.04 Å². The summed E-state index contributed by atoms with van der Waals surface area (Å²) in [6.45, 7) is 3.63. The second-order valence-corrected chi connectivity index (χ2v) is 6.20. The molecule has 3 nitrogen and oxygen atoms in total. The highest BCUT2D eigenvalue weighted by Gasteiger charge is 2.19. The average molecular weight is 275 g/mol. The predicted octanol–water partition coefficient (Wildman–Crippen LogP) is 3.03. The highest BCUT2D eigenvalue weighted by atomic mass is 32.2. The van der Waals surface area contributed by atoms with E-state index in [9.17, 15) is 8.42 Å². The molecular formula is C15H17NO2S. The molecule has 0 aliphatic rings. The highest BCUT2D eigenvalue weighted by molar-refractivity contribution is 7.89. The van der Waals surface area contributed by atoms with Crippen LogP contribution in [0.1, 0.15) is 24.1 Å². The largest absolute Gasteiger partial charge is 0.241 e. The third-order valence-corrected chi connectivity index (χ3v) is 4.72. The first-order valence-electron chi connectivity index (χ1n) is 6.13. The number of benzene rings is 2. The highest BCUT2D eigenvalue weighted by Crippen LogP contribution is 2.18. The Kier molecular flexibility index (Phi) is 4.02. The lowest BCUT2D eigenvalue weighted by Gasteiger charge is -2.15. The Balaban J connectivity index is 2.26. The zero-order valence-corrected chi connectivity index (χ0v) is 11.8. The van der Waals surface area contributed by atoms with Crippen molar-refractivity contribution in [2.45, 2.75) is 24.8 Å². The Morgan fingerprint density at radius 3 is 2.16 bits per heavy atom. The minimum atomic E-state index is -3.49. The van der Waals surface area contributed by atoms with Crippen LogP contribution >= 0.6 is 0 Å². The summed E-state index contributed by atoms with van der Waals surface area (Å²) in [6, 6.07) is 16.2. The van der Waals surface area contributed by atoms with Crippen molar-refractivity contribution in [1.29, 1.82) is 0 Å². The Bertz CT molecular complexity index is 651. The molecule has 0 aromatic heterocycles. The van der Waals surface area contributed by atoms with Crippen LogP contribution in [0.25, 0.3) is 0 Å². The number of aryl methyl sites for hydroxylation is 1. The van der Waals surface area contributed by atoms with Gasteiger partial charge in [-0.25, -0.2) is 13.1 Å². The lowest BCUT2D eigenvalue weighted by atomic mass is 10.1. The maximum absolute atomic E-state index is 12.3. The van der Waals surface area contributed by atoms with E-state index in [1.165, 1.54) is 0 Å². The van der Waals surface area contributed by atoms with Crippen molar-refractivity contribution in [3.8, 4) is 0 Å². The first kappa shape index (κ1) is 13.8. The third-order valence-electron chi connectivity index (χ3n) is 3.01. The molecule has 0 fully saturated rings. The van der Waals surface area contributed by atoms with Crippen LogP contribution in [-0.4, -0.2) is 8.42 Å². The molecule has 4 heteroatoms. The van der Waals surface area contributed by atoms with Gasteiger partial charge in [-0.2, -0.15) is 0 Å². The minimum absolute atomic E-state index is 0.259. The van der Waals surface area contributed by atoms with Gasteiger partial charge < -0.3 is 0 Å². The lowest BCUT2D eigenvalue weighted by molar-refractivity contribution is 0.566. The van der Waals surface area contributed by atoms with Crippen molar-refractivity contribution < 1.29 is 8.42 Å². The Labute approximate surface area is 114 Å².